The summed E-state index contributed by atoms with van der Waals surface area (Å²) >= 11 is 1.04. The maximum atomic E-state index is 16.2. The molecule has 0 aliphatic carbocycles. The zero-order chi connectivity index (χ0) is 94.0. The summed E-state index contributed by atoms with van der Waals surface area (Å²) in [6, 6.07) is 1.65. The van der Waals surface area contributed by atoms with E-state index >= 15 is 8.78 Å². The molecule has 128 heavy (non-hydrogen) atoms. The molecule has 44 nitrogen and oxygen atoms in total. The van der Waals surface area contributed by atoms with Gasteiger partial charge in [0.15, 0.2) is 40.4 Å². The Morgan fingerprint density at radius 2 is 0.938 bits per heavy atom. The molecule has 2 aliphatic heterocycles. The lowest BCUT2D eigenvalue weighted by molar-refractivity contribution is -0.150. The molecule has 0 unspecified atom stereocenters. The van der Waals surface area contributed by atoms with Gasteiger partial charge in [-0.25, -0.2) is 8.78 Å². The van der Waals surface area contributed by atoms with Gasteiger partial charge in [0.25, 0.3) is 11.8 Å². The van der Waals surface area contributed by atoms with Crippen molar-refractivity contribution in [3.63, 3.8) is 0 Å². The first-order chi connectivity index (χ1) is 61.4. The first kappa shape index (κ1) is 109. The van der Waals surface area contributed by atoms with E-state index in [9.17, 15) is 98.4 Å². The summed E-state index contributed by atoms with van der Waals surface area (Å²) in [5.74, 6) is -10.2. The number of carbonyl (C=O) groups is 12. The number of halogens is 2. The number of thiophene rings is 1. The monoisotopic (exact) mass is 1850 g/mol. The lowest BCUT2D eigenvalue weighted by Crippen LogP contribution is -2.53. The second-order valence-corrected chi connectivity index (χ2v) is 29.8. The Morgan fingerprint density at radius 3 is 1.45 bits per heavy atom. The Morgan fingerprint density at radius 1 is 0.484 bits per heavy atom. The van der Waals surface area contributed by atoms with Crippen LogP contribution in [0.1, 0.15) is 98.9 Å². The predicted octanol–water partition coefficient (Wildman–Crippen LogP) is -4.56. The number of hydrogen-bond donors (Lipinski definition) is 16. The quantitative estimate of drug-likeness (QED) is 0.0109. The van der Waals surface area contributed by atoms with Crippen LogP contribution in [0, 0.1) is 11.6 Å². The zero-order valence-electron chi connectivity index (χ0n) is 71.8. The van der Waals surface area contributed by atoms with Gasteiger partial charge in [0, 0.05) is 105 Å². The van der Waals surface area contributed by atoms with E-state index in [4.69, 9.17) is 76.5 Å². The van der Waals surface area contributed by atoms with Gasteiger partial charge >= 0.3 is 11.9 Å². The van der Waals surface area contributed by atoms with Gasteiger partial charge < -0.3 is 154 Å². The van der Waals surface area contributed by atoms with Crippen LogP contribution >= 0.6 is 11.3 Å². The average Bonchev–Trinajstić information content (AvgIpc) is 1.63. The molecule has 0 saturated carbocycles. The first-order valence-electron chi connectivity index (χ1n) is 41.5. The van der Waals surface area contributed by atoms with Gasteiger partial charge in [0.2, 0.25) is 41.4 Å². The van der Waals surface area contributed by atoms with Crippen LogP contribution in [0.4, 0.5) is 8.78 Å². The number of amides is 9. The van der Waals surface area contributed by atoms with Crippen molar-refractivity contribution in [2.45, 2.75) is 158 Å². The van der Waals surface area contributed by atoms with Crippen LogP contribution in [-0.2, 0) is 113 Å². The molecular formula is C81H120F2N8O36S. The van der Waals surface area contributed by atoms with Crippen LogP contribution in [0.5, 0.6) is 23.0 Å². The van der Waals surface area contributed by atoms with E-state index < -0.39 is 189 Å². The van der Waals surface area contributed by atoms with Gasteiger partial charge in [-0.15, -0.1) is 11.3 Å². The van der Waals surface area contributed by atoms with Gasteiger partial charge in [-0.3, -0.25) is 62.4 Å². The molecule has 3 aromatic rings. The molecule has 0 spiro atoms. The van der Waals surface area contributed by atoms with E-state index in [1.807, 2.05) is 0 Å². The molecule has 3 heterocycles. The maximum absolute atomic E-state index is 16.2. The summed E-state index contributed by atoms with van der Waals surface area (Å²) in [5.41, 5.74) is 0.589. The molecule has 2 aromatic carbocycles. The van der Waals surface area contributed by atoms with Crippen molar-refractivity contribution in [2.24, 2.45) is 0 Å². The van der Waals surface area contributed by atoms with Gasteiger partial charge in [-0.2, -0.15) is 0 Å². The minimum atomic E-state index is -2.01. The number of hydrogen-bond acceptors (Lipinski definition) is 37. The predicted molar refractivity (Wildman–Crippen MR) is 440 cm³/mol. The minimum Gasteiger partial charge on any atom is -0.493 e. The molecule has 720 valence electrons. The SMILES string of the molecule is CCOC(=O)CCC(=O)c1cc2c(F)c(OCCCOc3c(OC)cc4c(c3F)CN(C(=O)CCC(=O)O[C@@H](C)CNC(=O)[C@H](CCC(=O)NCCOCCOCCOCCOCCOCCOCCOCCOCCC(=O)N[C@@H](CCC(=O)NC[C@H](O)[C@@H](O)[C@H](O)[C@H](O)CO)C(=O)NC[C@H](O)[C@@H](O)[C@H](O)[C@H](O)CO)NC(=O)CN3C(=O)C=CC3=O)C4)c(OC)cc2s1. The minimum absolute atomic E-state index is 0.0198. The van der Waals surface area contributed by atoms with Crippen molar-refractivity contribution >= 4 is 92.3 Å². The standard InChI is InChI=1S/C81H120F2N8O36S/c1-5-124-70(106)15-9-54(94)62-38-50-61(128-62)39-60(115-4)79(72(50)82)126-20-6-19-125-78-59(114-3)37-49-43-90(44-51(49)73(78)83)67(103)14-16-71(107)127-48(2)40-86-80(112)53(89-66(102)45-91-68(104)12-13-69(91)105)7-10-63(99)84-18-22-117-24-26-119-28-30-121-32-34-123-36-35-122-33-31-120-29-27-118-25-23-116-21-17-65(101)88-52(81(113)87-42-56(96)75(109)77(111)58(98)47-93)8-11-64(100)85-41-55(95)74(108)76(110)57(97)46-92/h12-13,37-39,48,52-53,55-58,74-77,92-93,95-98,108-111H,5-11,14-36,40-47H2,1-4H3,(H,84,99)(H,85,100)(H,86,112)(H,87,113)(H,88,101)(H,89,102)/t48-,52-,53-,55-,56-,57+,58+,74+,75+,76+,77+/m0/s1. The average molecular weight is 1850 g/mol. The molecule has 11 atom stereocenters. The van der Waals surface area contributed by atoms with Crippen molar-refractivity contribution in [3.8, 4) is 23.0 Å². The normalized spacial score (nSPS) is 15.0. The third-order valence-corrected chi connectivity index (χ3v) is 20.2. The number of ether oxygens (including phenoxy) is 14. The largest absolute Gasteiger partial charge is 0.493 e. The number of nitrogens with one attached hydrogen (secondary N) is 6. The highest BCUT2D eigenvalue weighted by Crippen LogP contribution is 2.42. The maximum Gasteiger partial charge on any atom is 0.306 e. The van der Waals surface area contributed by atoms with E-state index in [-0.39, 0.29) is 228 Å². The number of methoxy groups -OCH3 is 2. The Hall–Kier alpha value is -9.48. The number of nitrogens with zero attached hydrogens (tertiary/aromatic N) is 2. The molecule has 47 heteroatoms. The molecule has 0 radical (unpaired) electrons. The second-order valence-electron chi connectivity index (χ2n) is 28.7. The van der Waals surface area contributed by atoms with Gasteiger partial charge in [0.05, 0.1) is 189 Å². The van der Waals surface area contributed by atoms with E-state index in [0.29, 0.717) is 35.0 Å². The number of carbonyl (C=O) groups excluding carboxylic acids is 12. The molecule has 1 aromatic heterocycles. The molecular weight excluding hydrogens is 1730 g/mol. The Labute approximate surface area is 739 Å². The number of benzene rings is 2. The van der Waals surface area contributed by atoms with E-state index in [0.717, 1.165) is 23.5 Å². The summed E-state index contributed by atoms with van der Waals surface area (Å²) in [5, 5.41) is 112. The van der Waals surface area contributed by atoms with Crippen LogP contribution < -0.4 is 50.8 Å². The van der Waals surface area contributed by atoms with Crippen LogP contribution in [0.3, 0.4) is 0 Å². The van der Waals surface area contributed by atoms with Crippen LogP contribution in [-0.4, -0.2) is 384 Å². The zero-order valence-corrected chi connectivity index (χ0v) is 72.6. The van der Waals surface area contributed by atoms with Crippen LogP contribution in [0.2, 0.25) is 0 Å². The van der Waals surface area contributed by atoms with E-state index in [2.05, 4.69) is 31.9 Å². The second kappa shape index (κ2) is 60.4. The summed E-state index contributed by atoms with van der Waals surface area (Å²) in [7, 11) is 2.64. The van der Waals surface area contributed by atoms with E-state index in [1.54, 1.807) is 6.92 Å². The third kappa shape index (κ3) is 39.1. The number of ketones is 1. The van der Waals surface area contributed by atoms with E-state index in [1.165, 1.54) is 44.2 Å². The Kier molecular flexibility index (Phi) is 51.5. The van der Waals surface area contributed by atoms with Crippen molar-refractivity contribution in [3.05, 3.63) is 58.0 Å². The Balaban J connectivity index is 0.871. The molecule has 9 amide bonds. The lowest BCUT2D eigenvalue weighted by Gasteiger charge is -2.26. The fourth-order valence-electron chi connectivity index (χ4n) is 12.0. The Bertz CT molecular complexity index is 4020. The summed E-state index contributed by atoms with van der Waals surface area (Å²) < 4.78 is 109. The number of esters is 2. The van der Waals surface area contributed by atoms with Crippen molar-refractivity contribution in [2.75, 3.05) is 186 Å². The number of aliphatic hydroxyl groups excluding tert-OH is 10. The van der Waals surface area contributed by atoms with Crippen molar-refractivity contribution < 1.29 is 184 Å². The number of fused-ring (bicyclic) bond motifs is 2. The summed E-state index contributed by atoms with van der Waals surface area (Å²) in [4.78, 5) is 156. The van der Waals surface area contributed by atoms with Gasteiger partial charge in [-0.1, -0.05) is 0 Å². The number of rotatable bonds is 70. The van der Waals surface area contributed by atoms with Gasteiger partial charge in [0.1, 0.15) is 61.4 Å². The van der Waals surface area contributed by atoms with Gasteiger partial charge in [-0.05, 0) is 44.4 Å². The summed E-state index contributed by atoms with van der Waals surface area (Å²) in [6.45, 7) is 2.04. The molecule has 0 fully saturated rings. The molecule has 0 bridgehead atoms. The lowest BCUT2D eigenvalue weighted by atomic mass is 10.0. The molecule has 5 rings (SSSR count). The number of imide groups is 1. The highest BCUT2D eigenvalue weighted by Gasteiger charge is 2.36. The number of aliphatic hydroxyl groups is 10. The molecule has 2 aliphatic rings. The fraction of sp³-hybridized carbons (Fsp3) is 0.654. The smallest absolute Gasteiger partial charge is 0.306 e. The van der Waals surface area contributed by atoms with Crippen molar-refractivity contribution in [1.82, 2.24) is 41.7 Å². The van der Waals surface area contributed by atoms with Crippen LogP contribution in [0.15, 0.2) is 30.4 Å². The molecule has 0 saturated heterocycles. The summed E-state index contributed by atoms with van der Waals surface area (Å²) in [6.07, 6.45) is -16.6. The number of Topliss-reactive ketones (excluding diaryl/α,β-unsaturated/α-hetero) is 1. The van der Waals surface area contributed by atoms with Crippen molar-refractivity contribution in [1.29, 1.82) is 0 Å². The highest BCUT2D eigenvalue weighted by molar-refractivity contribution is 7.20. The molecule has 16 N–H and O–H groups in total. The topological polar surface area (TPSA) is 615 Å². The highest BCUT2D eigenvalue weighted by atomic mass is 32.1. The van der Waals surface area contributed by atoms with Crippen LogP contribution in [0.25, 0.3) is 10.1 Å². The fourth-order valence-corrected chi connectivity index (χ4v) is 13.0. The first-order valence-corrected chi connectivity index (χ1v) is 42.3. The third-order valence-electron chi connectivity index (χ3n) is 19.0.